The molecule has 28 heavy (non-hydrogen) atoms. The normalized spacial score (nSPS) is 15.9. The summed E-state index contributed by atoms with van der Waals surface area (Å²) in [4.78, 5) is 17.6. The molecule has 1 aliphatic carbocycles. The average molecular weight is 395 g/mol. The van der Waals surface area contributed by atoms with Gasteiger partial charge in [0.25, 0.3) is 5.56 Å². The largest absolute Gasteiger partial charge is 0.294 e. The Morgan fingerprint density at radius 1 is 0.964 bits per heavy atom. The third kappa shape index (κ3) is 2.86. The molecule has 0 amide bonds. The third-order valence-corrected chi connectivity index (χ3v) is 5.77. The topological polar surface area (TPSA) is 78.0 Å². The van der Waals surface area contributed by atoms with Crippen LogP contribution >= 0.6 is 11.6 Å². The molecule has 0 aliphatic heterocycles. The Morgan fingerprint density at radius 2 is 1.71 bits per heavy atom. The van der Waals surface area contributed by atoms with E-state index in [1.807, 2.05) is 24.3 Å². The number of nitrogens with zero attached hydrogens (tertiary/aromatic N) is 6. The van der Waals surface area contributed by atoms with Crippen LogP contribution in [0.3, 0.4) is 0 Å². The summed E-state index contributed by atoms with van der Waals surface area (Å²) in [5.74, 6) is 0. The summed E-state index contributed by atoms with van der Waals surface area (Å²) in [7, 11) is 0. The predicted octanol–water partition coefficient (Wildman–Crippen LogP) is 4.05. The number of fused-ring (bicyclic) bond motifs is 3. The van der Waals surface area contributed by atoms with Gasteiger partial charge >= 0.3 is 0 Å². The molecule has 0 spiro atoms. The van der Waals surface area contributed by atoms with Crippen molar-refractivity contribution < 1.29 is 0 Å². The fourth-order valence-electron chi connectivity index (χ4n) is 4.01. The highest BCUT2D eigenvalue weighted by Crippen LogP contribution is 2.27. The molecule has 5 rings (SSSR count). The van der Waals surface area contributed by atoms with E-state index in [-0.39, 0.29) is 17.1 Å². The molecule has 0 saturated heterocycles. The highest BCUT2D eigenvalue weighted by Gasteiger charge is 2.20. The summed E-state index contributed by atoms with van der Waals surface area (Å²) in [5.41, 5.74) is 2.86. The van der Waals surface area contributed by atoms with Crippen molar-refractivity contribution in [3.63, 3.8) is 0 Å². The van der Waals surface area contributed by atoms with Gasteiger partial charge in [-0.3, -0.25) is 9.36 Å². The van der Waals surface area contributed by atoms with Crippen molar-refractivity contribution in [1.29, 1.82) is 0 Å². The zero-order valence-electron chi connectivity index (χ0n) is 15.3. The minimum atomic E-state index is -0.144. The Hall–Kier alpha value is -2.80. The third-order valence-electron chi connectivity index (χ3n) is 5.52. The molecule has 0 N–H and O–H groups in total. The molecule has 1 fully saturated rings. The van der Waals surface area contributed by atoms with Crippen molar-refractivity contribution in [1.82, 2.24) is 29.4 Å². The zero-order valence-corrected chi connectivity index (χ0v) is 16.0. The first-order chi connectivity index (χ1) is 13.7. The Bertz CT molecular complexity index is 1210. The predicted molar refractivity (Wildman–Crippen MR) is 108 cm³/mol. The lowest BCUT2D eigenvalue weighted by Crippen LogP contribution is -2.26. The minimum Gasteiger partial charge on any atom is -0.294 e. The maximum atomic E-state index is 13.1. The first-order valence-electron chi connectivity index (χ1n) is 9.59. The van der Waals surface area contributed by atoms with Gasteiger partial charge in [-0.05, 0) is 30.5 Å². The molecular weight excluding hydrogens is 376 g/mol. The van der Waals surface area contributed by atoms with Crippen LogP contribution in [0.25, 0.3) is 27.9 Å². The molecule has 1 aromatic carbocycles. The van der Waals surface area contributed by atoms with E-state index in [1.165, 1.54) is 12.8 Å². The van der Waals surface area contributed by atoms with Crippen molar-refractivity contribution >= 4 is 28.4 Å². The van der Waals surface area contributed by atoms with E-state index < -0.39 is 0 Å². The van der Waals surface area contributed by atoms with Gasteiger partial charge in [0, 0.05) is 16.6 Å². The van der Waals surface area contributed by atoms with E-state index in [9.17, 15) is 4.79 Å². The van der Waals surface area contributed by atoms with E-state index in [1.54, 1.807) is 21.6 Å². The van der Waals surface area contributed by atoms with Crippen molar-refractivity contribution in [2.45, 2.75) is 44.6 Å². The van der Waals surface area contributed by atoms with Gasteiger partial charge < -0.3 is 0 Å². The molecule has 0 atom stereocenters. The fraction of sp³-hybridized carbons (Fsp3) is 0.350. The lowest BCUT2D eigenvalue weighted by Gasteiger charge is -2.17. The Balaban J connectivity index is 1.64. The van der Waals surface area contributed by atoms with Gasteiger partial charge in [0.05, 0.1) is 6.20 Å². The molecule has 0 unspecified atom stereocenters. The minimum absolute atomic E-state index is 0.144. The van der Waals surface area contributed by atoms with Crippen molar-refractivity contribution in [3.8, 4) is 11.1 Å². The van der Waals surface area contributed by atoms with Gasteiger partial charge in [-0.15, -0.1) is 10.2 Å². The van der Waals surface area contributed by atoms with Crippen LogP contribution in [0.2, 0.25) is 5.02 Å². The molecule has 0 bridgehead atoms. The van der Waals surface area contributed by atoms with Crippen LogP contribution in [0.4, 0.5) is 0 Å². The summed E-state index contributed by atoms with van der Waals surface area (Å²) < 4.78 is 3.32. The highest BCUT2D eigenvalue weighted by molar-refractivity contribution is 6.30. The maximum Gasteiger partial charge on any atom is 0.283 e. The quantitative estimate of drug-likeness (QED) is 0.479. The maximum absolute atomic E-state index is 13.1. The Morgan fingerprint density at radius 3 is 2.46 bits per heavy atom. The molecule has 142 valence electrons. The number of halogens is 1. The van der Waals surface area contributed by atoms with Crippen LogP contribution in [0, 0.1) is 0 Å². The molecular formula is C20H19ClN6O. The van der Waals surface area contributed by atoms with Gasteiger partial charge in [-0.2, -0.15) is 9.61 Å². The number of rotatable bonds is 2. The molecule has 8 heteroatoms. The monoisotopic (exact) mass is 394 g/mol. The van der Waals surface area contributed by atoms with Crippen LogP contribution in [0.5, 0.6) is 0 Å². The molecule has 3 aromatic heterocycles. The Kier molecular flexibility index (Phi) is 4.31. The highest BCUT2D eigenvalue weighted by atomic mass is 35.5. The van der Waals surface area contributed by atoms with Gasteiger partial charge in [0.15, 0.2) is 16.8 Å². The SMILES string of the molecule is O=c1c2nnc3c(-c4ccc(Cl)cc4)cnn3c2ncn1C1CCCCCC1. The van der Waals surface area contributed by atoms with Crippen LogP contribution in [0.1, 0.15) is 44.6 Å². The zero-order chi connectivity index (χ0) is 19.1. The molecule has 1 aliphatic rings. The smallest absolute Gasteiger partial charge is 0.283 e. The molecule has 0 radical (unpaired) electrons. The summed E-state index contributed by atoms with van der Waals surface area (Å²) >= 11 is 5.98. The molecule has 4 aromatic rings. The lowest BCUT2D eigenvalue weighted by atomic mass is 10.1. The van der Waals surface area contributed by atoms with E-state index >= 15 is 0 Å². The summed E-state index contributed by atoms with van der Waals surface area (Å²) in [5, 5.41) is 13.6. The van der Waals surface area contributed by atoms with Crippen LogP contribution in [-0.2, 0) is 0 Å². The second-order valence-corrected chi connectivity index (χ2v) is 7.71. The van der Waals surface area contributed by atoms with Crippen molar-refractivity contribution in [2.24, 2.45) is 0 Å². The molecule has 3 heterocycles. The van der Waals surface area contributed by atoms with Gasteiger partial charge in [-0.1, -0.05) is 49.4 Å². The molecule has 7 nitrogen and oxygen atoms in total. The van der Waals surface area contributed by atoms with E-state index in [2.05, 4.69) is 20.3 Å². The fourth-order valence-corrected chi connectivity index (χ4v) is 4.14. The van der Waals surface area contributed by atoms with Crippen molar-refractivity contribution in [2.75, 3.05) is 0 Å². The number of hydrogen-bond donors (Lipinski definition) is 0. The van der Waals surface area contributed by atoms with E-state index in [0.29, 0.717) is 16.3 Å². The molecule has 1 saturated carbocycles. The summed E-state index contributed by atoms with van der Waals surface area (Å²) in [6.07, 6.45) is 10.1. The first kappa shape index (κ1) is 17.3. The summed E-state index contributed by atoms with van der Waals surface area (Å²) in [6, 6.07) is 7.63. The van der Waals surface area contributed by atoms with Crippen LogP contribution in [-0.4, -0.2) is 29.4 Å². The number of aromatic nitrogens is 6. The first-order valence-corrected chi connectivity index (χ1v) is 9.97. The van der Waals surface area contributed by atoms with Gasteiger partial charge in [-0.25, -0.2) is 4.98 Å². The van der Waals surface area contributed by atoms with Gasteiger partial charge in [0.2, 0.25) is 0 Å². The van der Waals surface area contributed by atoms with E-state index in [4.69, 9.17) is 11.6 Å². The van der Waals surface area contributed by atoms with E-state index in [0.717, 1.165) is 36.8 Å². The van der Waals surface area contributed by atoms with Gasteiger partial charge in [0.1, 0.15) is 6.33 Å². The van der Waals surface area contributed by atoms with Crippen molar-refractivity contribution in [3.05, 3.63) is 52.2 Å². The summed E-state index contributed by atoms with van der Waals surface area (Å²) in [6.45, 7) is 0. The second kappa shape index (κ2) is 6.98. The Labute approximate surface area is 166 Å². The van der Waals surface area contributed by atoms with Crippen LogP contribution in [0.15, 0.2) is 41.6 Å². The number of benzene rings is 1. The lowest BCUT2D eigenvalue weighted by molar-refractivity contribution is 0.429. The standard InChI is InChI=1S/C20H19ClN6O/c21-14-9-7-13(8-10-14)16-11-23-27-18(16)25-24-17-19(27)22-12-26(20(17)28)15-5-3-1-2-4-6-15/h7-12,15H,1-6H2. The average Bonchev–Trinajstić information content (AvgIpc) is 2.96. The second-order valence-electron chi connectivity index (χ2n) is 7.28. The van der Waals surface area contributed by atoms with Crippen LogP contribution < -0.4 is 5.56 Å². The number of hydrogen-bond acceptors (Lipinski definition) is 5.